The number of epoxide rings is 1. The first-order valence-electron chi connectivity index (χ1n) is 14.6. The quantitative estimate of drug-likeness (QED) is 0.101. The maximum atomic E-state index is 11.1. The summed E-state index contributed by atoms with van der Waals surface area (Å²) in [5.74, 6) is -2.12. The van der Waals surface area contributed by atoms with E-state index in [4.69, 9.17) is 60.8 Å². The van der Waals surface area contributed by atoms with Crippen LogP contribution in [0.25, 0.3) is 0 Å². The van der Waals surface area contributed by atoms with E-state index < -0.39 is 148 Å². The molecule has 5 rings (SSSR count). The predicted molar refractivity (Wildman–Crippen MR) is 141 cm³/mol. The monoisotopic (exact) mass is 676 g/mol. The molecule has 0 aromatic heterocycles. The Hall–Kier alpha value is -0.880. The van der Waals surface area contributed by atoms with E-state index in [1.807, 2.05) is 0 Å². The fourth-order valence-electron chi connectivity index (χ4n) is 5.98. The van der Waals surface area contributed by atoms with Crippen LogP contribution in [0.1, 0.15) is 0 Å². The van der Waals surface area contributed by atoms with Crippen LogP contribution in [0.4, 0.5) is 0 Å². The molecule has 0 bridgehead atoms. The molecule has 22 nitrogen and oxygen atoms in total. The highest BCUT2D eigenvalue weighted by molar-refractivity contribution is 5.08. The van der Waals surface area contributed by atoms with Gasteiger partial charge < -0.3 is 112 Å². The minimum absolute atomic E-state index is 0.700. The van der Waals surface area contributed by atoms with Crippen LogP contribution in [0.2, 0.25) is 0 Å². The molecule has 5 fully saturated rings. The van der Waals surface area contributed by atoms with E-state index in [0.29, 0.717) is 0 Å². The maximum absolute atomic E-state index is 11.1. The minimum atomic E-state index is -2.12. The predicted octanol–water partition coefficient (Wildman–Crippen LogP) is -10.2. The normalized spacial score (nSPS) is 56.2. The van der Waals surface area contributed by atoms with Crippen molar-refractivity contribution in [3.05, 3.63) is 0 Å². The van der Waals surface area contributed by atoms with Gasteiger partial charge in [0.1, 0.15) is 67.1 Å². The van der Waals surface area contributed by atoms with Crippen LogP contribution in [-0.2, 0) is 37.9 Å². The summed E-state index contributed by atoms with van der Waals surface area (Å²) < 4.78 is 44.5. The number of nitrogens with two attached hydrogens (primary N) is 4. The second-order valence-corrected chi connectivity index (χ2v) is 11.9. The molecule has 5 aliphatic heterocycles. The number of hydrogen-bond donors (Lipinski definition) is 14. The summed E-state index contributed by atoms with van der Waals surface area (Å²) in [5, 5.41) is 103. The Morgan fingerprint density at radius 2 is 0.957 bits per heavy atom. The Bertz CT molecular complexity index is 1020. The van der Waals surface area contributed by atoms with Crippen molar-refractivity contribution in [3.8, 4) is 0 Å². The standard InChI is InChI=1S/C24H44N4O18/c25-7-13(34)16(5(2-30)39-19(7)37)42-20-9(27)14(35)17(6(3-31)41-20)43-22-10(28)15(36)18(24(45-22)23(38)46-24)44-21-8(26)12(33)11(32)4(1-29)40-21/h4-23,29-38H,1-3,25-28H2/t4-,5-,6-,7-,8-,9-,10-,11-,12-,13-,14-,15-,16-,17-,18+,19-,20+,21+,22+,23+,24-/m1/s1. The summed E-state index contributed by atoms with van der Waals surface area (Å²) in [6, 6.07) is -5.65. The number of rotatable bonds is 9. The SMILES string of the molecule is N[C@@H]1[C@@H](O)[C@H](O[C@@H]2O[C@H](CO)[C@@H](O[C@H]3O[C@@]4(O[C@@H]4O)[C@@H](O[C@@H]4O[C@H](CO)[C@@H](O)[C@H](O)[C@H]4N)[C@H](O)[C@H]3N)[C@H](O)[C@H]2N)[C@@H](CO)O[C@H]1O. The van der Waals surface area contributed by atoms with Crippen molar-refractivity contribution in [2.75, 3.05) is 19.8 Å². The molecule has 0 amide bonds. The summed E-state index contributed by atoms with van der Waals surface area (Å²) in [7, 11) is 0. The number of hydrogen-bond acceptors (Lipinski definition) is 22. The molecular formula is C24H44N4O18. The second kappa shape index (κ2) is 14.2. The first-order chi connectivity index (χ1) is 21.7. The Morgan fingerprint density at radius 3 is 1.52 bits per heavy atom. The maximum Gasteiger partial charge on any atom is 0.255 e. The van der Waals surface area contributed by atoms with Gasteiger partial charge in [-0.1, -0.05) is 0 Å². The smallest absolute Gasteiger partial charge is 0.255 e. The molecule has 46 heavy (non-hydrogen) atoms. The summed E-state index contributed by atoms with van der Waals surface area (Å²) >= 11 is 0. The van der Waals surface area contributed by atoms with E-state index in [2.05, 4.69) is 0 Å². The summed E-state index contributed by atoms with van der Waals surface area (Å²) in [6.07, 6.45) is -24.7. The zero-order valence-electron chi connectivity index (χ0n) is 24.2. The molecule has 0 aliphatic carbocycles. The zero-order chi connectivity index (χ0) is 33.8. The third-order valence-electron chi connectivity index (χ3n) is 8.91. The van der Waals surface area contributed by atoms with Gasteiger partial charge in [-0.2, -0.15) is 0 Å². The molecule has 0 unspecified atom stereocenters. The topological polar surface area (TPSA) is 384 Å². The van der Waals surface area contributed by atoms with E-state index >= 15 is 0 Å². The molecule has 5 aliphatic rings. The van der Waals surface area contributed by atoms with Gasteiger partial charge >= 0.3 is 0 Å². The highest BCUT2D eigenvalue weighted by Crippen LogP contribution is 2.48. The molecule has 1 spiro atoms. The average Bonchev–Trinajstić information content (AvgIpc) is 3.69. The molecular weight excluding hydrogens is 632 g/mol. The first-order valence-corrected chi connectivity index (χ1v) is 14.6. The molecule has 0 aromatic carbocycles. The minimum Gasteiger partial charge on any atom is -0.394 e. The van der Waals surface area contributed by atoms with Gasteiger partial charge in [0, 0.05) is 0 Å². The molecule has 0 saturated carbocycles. The van der Waals surface area contributed by atoms with E-state index in [9.17, 15) is 51.1 Å². The Morgan fingerprint density at radius 1 is 0.500 bits per heavy atom. The van der Waals surface area contributed by atoms with Crippen molar-refractivity contribution in [1.82, 2.24) is 0 Å². The van der Waals surface area contributed by atoms with Gasteiger partial charge in [0.15, 0.2) is 25.2 Å². The second-order valence-electron chi connectivity index (χ2n) is 11.9. The van der Waals surface area contributed by atoms with Gasteiger partial charge in [0.05, 0.1) is 44.0 Å². The third-order valence-corrected chi connectivity index (χ3v) is 8.91. The van der Waals surface area contributed by atoms with Crippen LogP contribution in [-0.4, -0.2) is 199 Å². The van der Waals surface area contributed by atoms with Gasteiger partial charge in [-0.05, 0) is 0 Å². The van der Waals surface area contributed by atoms with E-state index in [0.717, 1.165) is 0 Å². The summed E-state index contributed by atoms with van der Waals surface area (Å²) in [4.78, 5) is 0. The molecule has 21 atom stereocenters. The molecule has 5 saturated heterocycles. The fraction of sp³-hybridized carbons (Fsp3) is 1.00. The fourth-order valence-corrected chi connectivity index (χ4v) is 5.98. The number of aliphatic hydroxyl groups is 10. The van der Waals surface area contributed by atoms with Gasteiger partial charge in [0.2, 0.25) is 6.29 Å². The Kier molecular flexibility index (Phi) is 11.2. The van der Waals surface area contributed by atoms with E-state index in [-0.39, 0.29) is 0 Å². The number of ether oxygens (including phenoxy) is 8. The number of aliphatic hydroxyl groups excluding tert-OH is 10. The largest absolute Gasteiger partial charge is 0.394 e. The molecule has 18 N–H and O–H groups in total. The van der Waals surface area contributed by atoms with Crippen LogP contribution < -0.4 is 22.9 Å². The Balaban J connectivity index is 1.27. The van der Waals surface area contributed by atoms with Gasteiger partial charge in [-0.3, -0.25) is 0 Å². The zero-order valence-corrected chi connectivity index (χ0v) is 24.2. The molecule has 22 heteroatoms. The van der Waals surface area contributed by atoms with Crippen LogP contribution >= 0.6 is 0 Å². The lowest BCUT2D eigenvalue weighted by molar-refractivity contribution is -0.372. The highest BCUT2D eigenvalue weighted by atomic mass is 16.9. The van der Waals surface area contributed by atoms with Gasteiger partial charge in [0.25, 0.3) is 5.79 Å². The van der Waals surface area contributed by atoms with Crippen molar-refractivity contribution in [2.45, 2.75) is 129 Å². The van der Waals surface area contributed by atoms with Crippen molar-refractivity contribution in [2.24, 2.45) is 22.9 Å². The van der Waals surface area contributed by atoms with Crippen molar-refractivity contribution in [1.29, 1.82) is 0 Å². The van der Waals surface area contributed by atoms with E-state index in [1.54, 1.807) is 0 Å². The summed E-state index contributed by atoms with van der Waals surface area (Å²) in [5.41, 5.74) is 24.0. The van der Waals surface area contributed by atoms with Crippen LogP contribution in [0.15, 0.2) is 0 Å². The van der Waals surface area contributed by atoms with Crippen molar-refractivity contribution >= 4 is 0 Å². The molecule has 268 valence electrons. The van der Waals surface area contributed by atoms with Gasteiger partial charge in [-0.15, -0.1) is 0 Å². The van der Waals surface area contributed by atoms with Crippen LogP contribution in [0, 0.1) is 0 Å². The first kappa shape index (κ1) is 36.4. The lowest BCUT2D eigenvalue weighted by Crippen LogP contribution is -2.70. The van der Waals surface area contributed by atoms with Crippen LogP contribution in [0.5, 0.6) is 0 Å². The molecule has 0 aromatic rings. The third kappa shape index (κ3) is 6.42. The summed E-state index contributed by atoms with van der Waals surface area (Å²) in [6.45, 7) is -2.21. The van der Waals surface area contributed by atoms with Gasteiger partial charge in [-0.25, -0.2) is 0 Å². The molecule has 0 radical (unpaired) electrons. The Labute approximate surface area is 260 Å². The highest BCUT2D eigenvalue weighted by Gasteiger charge is 2.72. The average molecular weight is 677 g/mol. The van der Waals surface area contributed by atoms with Crippen molar-refractivity contribution < 1.29 is 89.0 Å². The van der Waals surface area contributed by atoms with Crippen molar-refractivity contribution in [3.63, 3.8) is 0 Å². The molecule has 5 heterocycles. The lowest BCUT2D eigenvalue weighted by atomic mass is 9.94. The lowest BCUT2D eigenvalue weighted by Gasteiger charge is -2.49. The van der Waals surface area contributed by atoms with Crippen LogP contribution in [0.3, 0.4) is 0 Å². The van der Waals surface area contributed by atoms with E-state index in [1.165, 1.54) is 0 Å².